The van der Waals surface area contributed by atoms with Crippen LogP contribution in [0.5, 0.6) is 5.75 Å². The van der Waals surface area contributed by atoms with Crippen molar-refractivity contribution in [2.75, 3.05) is 6.61 Å². The van der Waals surface area contributed by atoms with Gasteiger partial charge in [0.15, 0.2) is 0 Å². The second-order valence-corrected chi connectivity index (χ2v) is 4.30. The van der Waals surface area contributed by atoms with E-state index in [9.17, 15) is 4.39 Å². The van der Waals surface area contributed by atoms with Crippen molar-refractivity contribution in [3.8, 4) is 5.75 Å². The van der Waals surface area contributed by atoms with Crippen LogP contribution in [0, 0.1) is 5.82 Å². The van der Waals surface area contributed by atoms with Gasteiger partial charge in [0.25, 0.3) is 0 Å². The number of halogens is 1. The number of hydrogen-bond donors (Lipinski definition) is 1. The third-order valence-electron chi connectivity index (χ3n) is 2.93. The lowest BCUT2D eigenvalue weighted by molar-refractivity contribution is 0.312. The summed E-state index contributed by atoms with van der Waals surface area (Å²) in [6, 6.07) is 8.64. The highest BCUT2D eigenvalue weighted by atomic mass is 19.1. The van der Waals surface area contributed by atoms with E-state index in [0.29, 0.717) is 23.3 Å². The van der Waals surface area contributed by atoms with Gasteiger partial charge in [-0.2, -0.15) is 5.10 Å². The van der Waals surface area contributed by atoms with E-state index in [-0.39, 0.29) is 5.82 Å². The van der Waals surface area contributed by atoms with Crippen LogP contribution in [0.25, 0.3) is 10.8 Å². The van der Waals surface area contributed by atoms with E-state index in [1.165, 1.54) is 12.3 Å². The van der Waals surface area contributed by atoms with Gasteiger partial charge in [0, 0.05) is 16.3 Å². The first-order valence-corrected chi connectivity index (χ1v) is 6.35. The Morgan fingerprint density at radius 2 is 2.05 bits per heavy atom. The Morgan fingerprint density at radius 1 is 1.32 bits per heavy atom. The van der Waals surface area contributed by atoms with Gasteiger partial charge < -0.3 is 10.6 Å². The summed E-state index contributed by atoms with van der Waals surface area (Å²) in [5.41, 5.74) is 0.565. The van der Waals surface area contributed by atoms with Crippen LogP contribution in [-0.4, -0.2) is 12.8 Å². The van der Waals surface area contributed by atoms with Gasteiger partial charge in [0.2, 0.25) is 0 Å². The molecule has 2 aromatic rings. The van der Waals surface area contributed by atoms with Crippen LogP contribution in [0.15, 0.2) is 35.4 Å². The Labute approximate surface area is 111 Å². The van der Waals surface area contributed by atoms with Gasteiger partial charge in [0.05, 0.1) is 12.8 Å². The van der Waals surface area contributed by atoms with Crippen LogP contribution in [0.2, 0.25) is 0 Å². The average Bonchev–Trinajstić information content (AvgIpc) is 2.43. The second kappa shape index (κ2) is 6.18. The van der Waals surface area contributed by atoms with Crippen LogP contribution < -0.4 is 10.6 Å². The van der Waals surface area contributed by atoms with Gasteiger partial charge in [0.1, 0.15) is 11.6 Å². The molecule has 0 aliphatic rings. The molecule has 3 nitrogen and oxygen atoms in total. The van der Waals surface area contributed by atoms with Gasteiger partial charge in [-0.1, -0.05) is 37.6 Å². The highest BCUT2D eigenvalue weighted by Crippen LogP contribution is 2.31. The Bertz CT molecular complexity index is 596. The molecule has 0 amide bonds. The molecule has 0 saturated heterocycles. The summed E-state index contributed by atoms with van der Waals surface area (Å²) in [6.07, 6.45) is 3.40. The number of ether oxygens (including phenoxy) is 1. The second-order valence-electron chi connectivity index (χ2n) is 4.30. The molecule has 0 bridgehead atoms. The van der Waals surface area contributed by atoms with Crippen molar-refractivity contribution in [2.45, 2.75) is 19.8 Å². The van der Waals surface area contributed by atoms with Crippen molar-refractivity contribution in [1.29, 1.82) is 0 Å². The molecule has 2 N–H and O–H groups in total. The van der Waals surface area contributed by atoms with Crippen LogP contribution in [-0.2, 0) is 0 Å². The van der Waals surface area contributed by atoms with Crippen molar-refractivity contribution < 1.29 is 9.13 Å². The Balaban J connectivity index is 2.54. The smallest absolute Gasteiger partial charge is 0.136 e. The van der Waals surface area contributed by atoms with Crippen molar-refractivity contribution >= 4 is 17.0 Å². The molecule has 2 rings (SSSR count). The van der Waals surface area contributed by atoms with E-state index < -0.39 is 0 Å². The molecule has 0 fully saturated rings. The van der Waals surface area contributed by atoms with Crippen molar-refractivity contribution in [2.24, 2.45) is 10.9 Å². The largest absolute Gasteiger partial charge is 0.492 e. The van der Waals surface area contributed by atoms with Crippen LogP contribution in [0.1, 0.15) is 25.3 Å². The third kappa shape index (κ3) is 2.84. The van der Waals surface area contributed by atoms with Crippen molar-refractivity contribution in [3.05, 3.63) is 41.7 Å². The number of benzene rings is 2. The van der Waals surface area contributed by atoms with E-state index in [2.05, 4.69) is 12.0 Å². The molecular formula is C15H17FN2O. The van der Waals surface area contributed by atoms with Gasteiger partial charge in [-0.05, 0) is 12.5 Å². The molecular weight excluding hydrogens is 243 g/mol. The van der Waals surface area contributed by atoms with Crippen molar-refractivity contribution in [1.82, 2.24) is 0 Å². The van der Waals surface area contributed by atoms with E-state index in [1.54, 1.807) is 12.1 Å². The number of rotatable bonds is 5. The minimum absolute atomic E-state index is 0.298. The maximum Gasteiger partial charge on any atom is 0.136 e. The molecule has 0 saturated carbocycles. The molecule has 0 aliphatic heterocycles. The number of unbranched alkanes of at least 4 members (excludes halogenated alkanes) is 1. The molecule has 0 unspecified atom stereocenters. The fraction of sp³-hybridized carbons (Fsp3) is 0.267. The number of hydrogen-bond acceptors (Lipinski definition) is 3. The molecule has 0 spiro atoms. The lowest BCUT2D eigenvalue weighted by Gasteiger charge is -2.12. The molecule has 0 aromatic heterocycles. The molecule has 0 radical (unpaired) electrons. The molecule has 0 heterocycles. The topological polar surface area (TPSA) is 47.6 Å². The molecule has 19 heavy (non-hydrogen) atoms. The summed E-state index contributed by atoms with van der Waals surface area (Å²) in [6.45, 7) is 2.69. The van der Waals surface area contributed by atoms with Gasteiger partial charge in [-0.15, -0.1) is 0 Å². The predicted molar refractivity (Wildman–Crippen MR) is 76.1 cm³/mol. The van der Waals surface area contributed by atoms with E-state index in [4.69, 9.17) is 10.6 Å². The maximum atomic E-state index is 14.0. The predicted octanol–water partition coefficient (Wildman–Crippen LogP) is 3.45. The summed E-state index contributed by atoms with van der Waals surface area (Å²) in [4.78, 5) is 0. The molecule has 4 heteroatoms. The average molecular weight is 260 g/mol. The normalized spacial score (nSPS) is 11.3. The molecule has 2 aromatic carbocycles. The standard InChI is InChI=1S/C15H17FN2O/c1-2-3-8-19-15-11(10-18-17)9-14(16)12-6-4-5-7-13(12)15/h4-7,9-10H,2-3,8,17H2,1H3. The van der Waals surface area contributed by atoms with E-state index in [1.807, 2.05) is 12.1 Å². The van der Waals surface area contributed by atoms with Crippen LogP contribution in [0.4, 0.5) is 4.39 Å². The zero-order valence-electron chi connectivity index (χ0n) is 10.9. The third-order valence-corrected chi connectivity index (χ3v) is 2.93. The zero-order valence-corrected chi connectivity index (χ0v) is 10.9. The first-order valence-electron chi connectivity index (χ1n) is 6.35. The van der Waals surface area contributed by atoms with Gasteiger partial charge >= 0.3 is 0 Å². The molecule has 100 valence electrons. The summed E-state index contributed by atoms with van der Waals surface area (Å²) in [5, 5.41) is 4.76. The summed E-state index contributed by atoms with van der Waals surface area (Å²) < 4.78 is 19.8. The lowest BCUT2D eigenvalue weighted by atomic mass is 10.0. The fourth-order valence-corrected chi connectivity index (χ4v) is 1.98. The Morgan fingerprint density at radius 3 is 2.74 bits per heavy atom. The summed E-state index contributed by atoms with van der Waals surface area (Å²) in [5.74, 6) is 5.51. The van der Waals surface area contributed by atoms with E-state index in [0.717, 1.165) is 18.2 Å². The zero-order chi connectivity index (χ0) is 13.7. The van der Waals surface area contributed by atoms with E-state index >= 15 is 0 Å². The molecule has 0 atom stereocenters. The van der Waals surface area contributed by atoms with Gasteiger partial charge in [-0.25, -0.2) is 4.39 Å². The number of hydrazone groups is 1. The Hall–Kier alpha value is -2.10. The van der Waals surface area contributed by atoms with Crippen LogP contribution >= 0.6 is 0 Å². The number of nitrogens with zero attached hydrogens (tertiary/aromatic N) is 1. The first kappa shape index (κ1) is 13.3. The summed E-state index contributed by atoms with van der Waals surface area (Å²) >= 11 is 0. The minimum Gasteiger partial charge on any atom is -0.492 e. The van der Waals surface area contributed by atoms with Gasteiger partial charge in [-0.3, -0.25) is 0 Å². The number of fused-ring (bicyclic) bond motifs is 1. The van der Waals surface area contributed by atoms with Crippen molar-refractivity contribution in [3.63, 3.8) is 0 Å². The summed E-state index contributed by atoms with van der Waals surface area (Å²) in [7, 11) is 0. The highest BCUT2D eigenvalue weighted by Gasteiger charge is 2.12. The Kier molecular flexibility index (Phi) is 4.34. The minimum atomic E-state index is -0.298. The fourth-order valence-electron chi connectivity index (χ4n) is 1.98. The molecule has 0 aliphatic carbocycles. The monoisotopic (exact) mass is 260 g/mol. The highest BCUT2D eigenvalue weighted by molar-refractivity contribution is 5.97. The van der Waals surface area contributed by atoms with Crippen LogP contribution in [0.3, 0.4) is 0 Å². The first-order chi connectivity index (χ1) is 9.27. The lowest BCUT2D eigenvalue weighted by Crippen LogP contribution is -2.02. The quantitative estimate of drug-likeness (QED) is 0.387. The maximum absolute atomic E-state index is 14.0. The number of nitrogens with two attached hydrogens (primary N) is 1. The SMILES string of the molecule is CCCCOc1c(C=NN)cc(F)c2ccccc12.